The monoisotopic (exact) mass is 406 g/mol. The minimum Gasteiger partial charge on any atom is -0.337 e. The summed E-state index contributed by atoms with van der Waals surface area (Å²) in [5, 5.41) is 4.88. The lowest BCUT2D eigenvalue weighted by atomic mass is 9.96. The molecule has 1 fully saturated rings. The predicted octanol–water partition coefficient (Wildman–Crippen LogP) is 4.00. The smallest absolute Gasteiger partial charge is 0.263 e. The summed E-state index contributed by atoms with van der Waals surface area (Å²) in [6, 6.07) is 13.1. The van der Waals surface area contributed by atoms with Crippen LogP contribution in [0, 0.1) is 12.8 Å². The van der Waals surface area contributed by atoms with Gasteiger partial charge in [-0.2, -0.15) is 0 Å². The Hall–Kier alpha value is -3.06. The second kappa shape index (κ2) is 8.53. The first-order chi connectivity index (χ1) is 14.1. The largest absolute Gasteiger partial charge is 0.337 e. The van der Waals surface area contributed by atoms with Crippen LogP contribution in [0.5, 0.6) is 0 Å². The Labute approximate surface area is 173 Å². The summed E-state index contributed by atoms with van der Waals surface area (Å²) in [5.74, 6) is 0.429. The van der Waals surface area contributed by atoms with E-state index in [-0.39, 0.29) is 17.7 Å². The van der Waals surface area contributed by atoms with Crippen LogP contribution in [0.25, 0.3) is 11.4 Å². The fourth-order valence-corrected chi connectivity index (χ4v) is 4.16. The molecule has 29 heavy (non-hydrogen) atoms. The standard InChI is InChI=1S/C22H22N4O2S/c1-15-10-11-23-20(24-15)16-6-8-18(9-7-16)25-21(27)17-4-2-12-26(14-17)22(28)19-5-3-13-29-19/h3,5-11,13,17H,2,4,12,14H2,1H3,(H,25,27). The van der Waals surface area contributed by atoms with E-state index in [1.165, 1.54) is 11.3 Å². The zero-order valence-electron chi connectivity index (χ0n) is 16.2. The van der Waals surface area contributed by atoms with Crippen molar-refractivity contribution in [3.8, 4) is 11.4 Å². The number of aromatic nitrogens is 2. The van der Waals surface area contributed by atoms with Crippen LogP contribution in [0.15, 0.2) is 54.0 Å². The van der Waals surface area contributed by atoms with Crippen LogP contribution in [0.1, 0.15) is 28.2 Å². The molecule has 7 heteroatoms. The Morgan fingerprint density at radius 1 is 1.17 bits per heavy atom. The molecule has 2 aromatic heterocycles. The van der Waals surface area contributed by atoms with E-state index in [1.807, 2.05) is 54.8 Å². The van der Waals surface area contributed by atoms with Crippen LogP contribution in [-0.2, 0) is 4.79 Å². The van der Waals surface area contributed by atoms with Crippen molar-refractivity contribution >= 4 is 28.8 Å². The van der Waals surface area contributed by atoms with Crippen molar-refractivity contribution in [2.75, 3.05) is 18.4 Å². The number of hydrogen-bond acceptors (Lipinski definition) is 5. The molecule has 3 heterocycles. The van der Waals surface area contributed by atoms with E-state index < -0.39 is 0 Å². The lowest BCUT2D eigenvalue weighted by molar-refractivity contribution is -0.121. The number of anilines is 1. The highest BCUT2D eigenvalue weighted by Crippen LogP contribution is 2.23. The molecule has 1 aliphatic rings. The van der Waals surface area contributed by atoms with Gasteiger partial charge in [0.25, 0.3) is 5.91 Å². The minimum atomic E-state index is -0.201. The summed E-state index contributed by atoms with van der Waals surface area (Å²) in [6.45, 7) is 3.08. The van der Waals surface area contributed by atoms with Crippen LogP contribution in [0.3, 0.4) is 0 Å². The molecule has 1 saturated heterocycles. The van der Waals surface area contributed by atoms with Gasteiger partial charge in [0.2, 0.25) is 5.91 Å². The number of aryl methyl sites for hydroxylation is 1. The normalized spacial score (nSPS) is 16.4. The first-order valence-electron chi connectivity index (χ1n) is 9.64. The average Bonchev–Trinajstić information content (AvgIpc) is 3.29. The first kappa shape index (κ1) is 19.3. The highest BCUT2D eigenvalue weighted by molar-refractivity contribution is 7.12. The van der Waals surface area contributed by atoms with Gasteiger partial charge in [-0.15, -0.1) is 11.3 Å². The van der Waals surface area contributed by atoms with E-state index in [1.54, 1.807) is 11.1 Å². The van der Waals surface area contributed by atoms with Gasteiger partial charge in [-0.25, -0.2) is 9.97 Å². The van der Waals surface area contributed by atoms with E-state index in [0.29, 0.717) is 18.9 Å². The number of piperidine rings is 1. The van der Waals surface area contributed by atoms with Crippen molar-refractivity contribution in [2.24, 2.45) is 5.92 Å². The second-order valence-corrected chi connectivity index (χ2v) is 8.10. The number of hydrogen-bond donors (Lipinski definition) is 1. The summed E-state index contributed by atoms with van der Waals surface area (Å²) in [5.41, 5.74) is 2.54. The molecule has 1 aromatic carbocycles. The molecule has 1 unspecified atom stereocenters. The fourth-order valence-electron chi connectivity index (χ4n) is 3.47. The lowest BCUT2D eigenvalue weighted by Gasteiger charge is -2.31. The lowest BCUT2D eigenvalue weighted by Crippen LogP contribution is -2.43. The molecule has 2 amide bonds. The molecule has 0 aliphatic carbocycles. The van der Waals surface area contributed by atoms with E-state index in [0.717, 1.165) is 34.7 Å². The van der Waals surface area contributed by atoms with Crippen molar-refractivity contribution in [1.29, 1.82) is 0 Å². The van der Waals surface area contributed by atoms with Crippen molar-refractivity contribution in [3.05, 3.63) is 64.6 Å². The zero-order valence-corrected chi connectivity index (χ0v) is 17.0. The molecule has 0 bridgehead atoms. The Bertz CT molecular complexity index is 1000. The number of rotatable bonds is 4. The molecular weight excluding hydrogens is 384 g/mol. The molecule has 0 radical (unpaired) electrons. The Kier molecular flexibility index (Phi) is 5.67. The average molecular weight is 407 g/mol. The van der Waals surface area contributed by atoms with E-state index in [9.17, 15) is 9.59 Å². The van der Waals surface area contributed by atoms with E-state index in [2.05, 4.69) is 15.3 Å². The molecule has 0 spiro atoms. The van der Waals surface area contributed by atoms with Gasteiger partial charge >= 0.3 is 0 Å². The summed E-state index contributed by atoms with van der Waals surface area (Å²) in [7, 11) is 0. The summed E-state index contributed by atoms with van der Waals surface area (Å²) in [6.07, 6.45) is 3.35. The van der Waals surface area contributed by atoms with E-state index >= 15 is 0 Å². The van der Waals surface area contributed by atoms with Gasteiger partial charge in [0, 0.05) is 36.2 Å². The van der Waals surface area contributed by atoms with Gasteiger partial charge in [-0.3, -0.25) is 9.59 Å². The number of nitrogens with zero attached hydrogens (tertiary/aromatic N) is 3. The quantitative estimate of drug-likeness (QED) is 0.710. The van der Waals surface area contributed by atoms with Gasteiger partial charge in [-0.1, -0.05) is 6.07 Å². The van der Waals surface area contributed by atoms with Crippen molar-refractivity contribution in [2.45, 2.75) is 19.8 Å². The Morgan fingerprint density at radius 3 is 2.72 bits per heavy atom. The molecule has 3 aromatic rings. The fraction of sp³-hybridized carbons (Fsp3) is 0.273. The minimum absolute atomic E-state index is 0.0139. The molecule has 1 aliphatic heterocycles. The summed E-state index contributed by atoms with van der Waals surface area (Å²) < 4.78 is 0. The Balaban J connectivity index is 1.39. The maximum absolute atomic E-state index is 12.8. The Morgan fingerprint density at radius 2 is 2.00 bits per heavy atom. The molecule has 148 valence electrons. The molecular formula is C22H22N4O2S. The maximum Gasteiger partial charge on any atom is 0.263 e. The van der Waals surface area contributed by atoms with Gasteiger partial charge in [-0.05, 0) is 61.5 Å². The molecule has 1 N–H and O–H groups in total. The highest BCUT2D eigenvalue weighted by Gasteiger charge is 2.29. The predicted molar refractivity (Wildman–Crippen MR) is 114 cm³/mol. The summed E-state index contributed by atoms with van der Waals surface area (Å²) >= 11 is 1.44. The topological polar surface area (TPSA) is 75.2 Å². The number of nitrogens with one attached hydrogen (secondary N) is 1. The van der Waals surface area contributed by atoms with Gasteiger partial charge in [0.05, 0.1) is 10.8 Å². The third kappa shape index (κ3) is 4.51. The van der Waals surface area contributed by atoms with Gasteiger partial charge in [0.1, 0.15) is 0 Å². The molecule has 0 saturated carbocycles. The van der Waals surface area contributed by atoms with Gasteiger partial charge in [0.15, 0.2) is 5.82 Å². The number of benzene rings is 1. The first-order valence-corrected chi connectivity index (χ1v) is 10.5. The third-order valence-corrected chi connectivity index (χ3v) is 5.87. The number of thiophene rings is 1. The zero-order chi connectivity index (χ0) is 20.2. The second-order valence-electron chi connectivity index (χ2n) is 7.16. The van der Waals surface area contributed by atoms with E-state index in [4.69, 9.17) is 0 Å². The van der Waals surface area contributed by atoms with Crippen LogP contribution >= 0.6 is 11.3 Å². The van der Waals surface area contributed by atoms with Gasteiger partial charge < -0.3 is 10.2 Å². The SMILES string of the molecule is Cc1ccnc(-c2ccc(NC(=O)C3CCCN(C(=O)c4cccs4)C3)cc2)n1. The third-order valence-electron chi connectivity index (χ3n) is 5.02. The molecule has 4 rings (SSSR count). The maximum atomic E-state index is 12.8. The highest BCUT2D eigenvalue weighted by atomic mass is 32.1. The van der Waals surface area contributed by atoms with Crippen LogP contribution in [-0.4, -0.2) is 39.8 Å². The van der Waals surface area contributed by atoms with Crippen molar-refractivity contribution in [3.63, 3.8) is 0 Å². The number of carbonyl (C=O) groups excluding carboxylic acids is 2. The van der Waals surface area contributed by atoms with Crippen LogP contribution in [0.2, 0.25) is 0 Å². The van der Waals surface area contributed by atoms with Crippen LogP contribution < -0.4 is 5.32 Å². The molecule has 1 atom stereocenters. The number of carbonyl (C=O) groups is 2. The van der Waals surface area contributed by atoms with Crippen LogP contribution in [0.4, 0.5) is 5.69 Å². The number of likely N-dealkylation sites (tertiary alicyclic amines) is 1. The molecule has 6 nitrogen and oxygen atoms in total. The van der Waals surface area contributed by atoms with Crippen molar-refractivity contribution < 1.29 is 9.59 Å². The summed E-state index contributed by atoms with van der Waals surface area (Å²) in [4.78, 5) is 36.5. The number of amides is 2. The van der Waals surface area contributed by atoms with Crippen molar-refractivity contribution in [1.82, 2.24) is 14.9 Å².